The molecular weight excluding hydrogens is 332 g/mol. The van der Waals surface area contributed by atoms with E-state index < -0.39 is 10.0 Å². The molecule has 1 aromatic carbocycles. The molecule has 2 aliphatic rings. The zero-order valence-corrected chi connectivity index (χ0v) is 14.3. The predicted molar refractivity (Wildman–Crippen MR) is 84.8 cm³/mol. The zero-order valence-electron chi connectivity index (χ0n) is 13.5. The summed E-state index contributed by atoms with van der Waals surface area (Å²) in [6.45, 7) is 4.58. The number of nitrogens with one attached hydrogen (secondary N) is 1. The highest BCUT2D eigenvalue weighted by molar-refractivity contribution is 7.89. The Kier molecular flexibility index (Phi) is 3.54. The van der Waals surface area contributed by atoms with Gasteiger partial charge in [0.05, 0.1) is 13.2 Å². The first-order chi connectivity index (χ1) is 11.5. The molecule has 0 spiro atoms. The second-order valence-electron chi connectivity index (χ2n) is 5.99. The minimum Gasteiger partial charge on any atom is -0.493 e. The van der Waals surface area contributed by atoms with Gasteiger partial charge >= 0.3 is 0 Å². The van der Waals surface area contributed by atoms with E-state index in [1.807, 2.05) is 6.07 Å². The van der Waals surface area contributed by atoms with Crippen molar-refractivity contribution in [1.29, 1.82) is 0 Å². The number of ether oxygens (including phenoxy) is 2. The van der Waals surface area contributed by atoms with Crippen molar-refractivity contribution in [2.24, 2.45) is 0 Å². The fourth-order valence-corrected chi connectivity index (χ4v) is 4.69. The minimum atomic E-state index is -3.71. The highest BCUT2D eigenvalue weighted by atomic mass is 32.2. The lowest BCUT2D eigenvalue weighted by Gasteiger charge is -2.14. The molecule has 8 heteroatoms. The van der Waals surface area contributed by atoms with Crippen LogP contribution in [-0.2, 0) is 29.4 Å². The summed E-state index contributed by atoms with van der Waals surface area (Å²) in [5, 5.41) is 3.71. The van der Waals surface area contributed by atoms with Gasteiger partial charge in [-0.05, 0) is 19.9 Å². The topological polar surface area (TPSA) is 90.7 Å². The average molecular weight is 350 g/mol. The Labute approximate surface area is 140 Å². The van der Waals surface area contributed by atoms with E-state index >= 15 is 0 Å². The number of benzene rings is 1. The summed E-state index contributed by atoms with van der Waals surface area (Å²) in [5.41, 5.74) is 3.32. The SMILES string of the molecule is Cc1noc(C)c1S(=O)(=O)NCc1c2c(cc3c1OCC3)OCC2. The summed E-state index contributed by atoms with van der Waals surface area (Å²) in [4.78, 5) is 0.101. The molecule has 1 aromatic heterocycles. The van der Waals surface area contributed by atoms with E-state index in [1.165, 1.54) is 0 Å². The second-order valence-corrected chi connectivity index (χ2v) is 7.70. The fraction of sp³-hybridized carbons (Fsp3) is 0.438. The molecule has 3 heterocycles. The molecule has 24 heavy (non-hydrogen) atoms. The van der Waals surface area contributed by atoms with Gasteiger partial charge in [0, 0.05) is 36.1 Å². The molecule has 0 saturated carbocycles. The van der Waals surface area contributed by atoms with Crippen LogP contribution in [0.4, 0.5) is 0 Å². The normalized spacial score (nSPS) is 15.8. The Morgan fingerprint density at radius 3 is 2.75 bits per heavy atom. The summed E-state index contributed by atoms with van der Waals surface area (Å²) < 4.78 is 44.3. The smallest absolute Gasteiger partial charge is 0.246 e. The Bertz CT molecular complexity index is 865. The molecule has 0 fully saturated rings. The summed E-state index contributed by atoms with van der Waals surface area (Å²) in [5.74, 6) is 1.91. The van der Waals surface area contributed by atoms with E-state index in [-0.39, 0.29) is 17.2 Å². The zero-order chi connectivity index (χ0) is 16.9. The fourth-order valence-electron chi connectivity index (χ4n) is 3.37. The van der Waals surface area contributed by atoms with Gasteiger partial charge in [0.1, 0.15) is 22.1 Å². The standard InChI is InChI=1S/C16H18N2O5S/c1-9-16(10(2)23-18-9)24(19,20)17-8-13-12-4-6-21-14(12)7-11-3-5-22-15(11)13/h7,17H,3-6,8H2,1-2H3. The third kappa shape index (κ3) is 2.37. The summed E-state index contributed by atoms with van der Waals surface area (Å²) >= 11 is 0. The Morgan fingerprint density at radius 2 is 2.00 bits per heavy atom. The quantitative estimate of drug-likeness (QED) is 0.901. The molecule has 128 valence electrons. The van der Waals surface area contributed by atoms with E-state index in [4.69, 9.17) is 14.0 Å². The monoisotopic (exact) mass is 350 g/mol. The van der Waals surface area contributed by atoms with E-state index in [1.54, 1.807) is 13.8 Å². The van der Waals surface area contributed by atoms with Crippen LogP contribution in [0.5, 0.6) is 11.5 Å². The van der Waals surface area contributed by atoms with Gasteiger partial charge in [0.2, 0.25) is 10.0 Å². The third-order valence-electron chi connectivity index (χ3n) is 4.44. The molecular formula is C16H18N2O5S. The number of aromatic nitrogens is 1. The lowest BCUT2D eigenvalue weighted by molar-refractivity contribution is 0.352. The van der Waals surface area contributed by atoms with Crippen molar-refractivity contribution in [3.63, 3.8) is 0 Å². The molecule has 0 atom stereocenters. The first kappa shape index (κ1) is 15.5. The van der Waals surface area contributed by atoms with E-state index in [9.17, 15) is 8.42 Å². The largest absolute Gasteiger partial charge is 0.493 e. The molecule has 0 unspecified atom stereocenters. The van der Waals surface area contributed by atoms with E-state index in [0.717, 1.165) is 41.0 Å². The summed E-state index contributed by atoms with van der Waals surface area (Å²) in [6.07, 6.45) is 1.57. The van der Waals surface area contributed by atoms with Crippen LogP contribution in [-0.4, -0.2) is 26.8 Å². The molecule has 7 nitrogen and oxygen atoms in total. The Morgan fingerprint density at radius 1 is 1.21 bits per heavy atom. The number of rotatable bonds is 4. The average Bonchev–Trinajstić information content (AvgIpc) is 3.23. The van der Waals surface area contributed by atoms with Gasteiger partial charge in [-0.3, -0.25) is 0 Å². The lowest BCUT2D eigenvalue weighted by atomic mass is 10.00. The van der Waals surface area contributed by atoms with Crippen molar-refractivity contribution in [3.8, 4) is 11.5 Å². The van der Waals surface area contributed by atoms with Crippen LogP contribution < -0.4 is 14.2 Å². The molecule has 1 N–H and O–H groups in total. The maximum absolute atomic E-state index is 12.6. The molecule has 2 aliphatic heterocycles. The molecule has 0 saturated heterocycles. The lowest BCUT2D eigenvalue weighted by Crippen LogP contribution is -2.25. The number of fused-ring (bicyclic) bond motifs is 2. The van der Waals surface area contributed by atoms with Crippen molar-refractivity contribution in [1.82, 2.24) is 9.88 Å². The molecule has 0 radical (unpaired) electrons. The van der Waals surface area contributed by atoms with Gasteiger partial charge in [-0.2, -0.15) is 0 Å². The van der Waals surface area contributed by atoms with E-state index in [2.05, 4.69) is 9.88 Å². The highest BCUT2D eigenvalue weighted by Gasteiger charge is 2.29. The minimum absolute atomic E-state index is 0.101. The second kappa shape index (κ2) is 5.49. The third-order valence-corrected chi connectivity index (χ3v) is 6.08. The van der Waals surface area contributed by atoms with Gasteiger partial charge in [-0.15, -0.1) is 0 Å². The van der Waals surface area contributed by atoms with Crippen LogP contribution in [0.15, 0.2) is 15.5 Å². The van der Waals surface area contributed by atoms with E-state index in [0.29, 0.717) is 18.9 Å². The van der Waals surface area contributed by atoms with Gasteiger partial charge in [0.25, 0.3) is 0 Å². The van der Waals surface area contributed by atoms with Crippen molar-refractivity contribution in [3.05, 3.63) is 34.2 Å². The van der Waals surface area contributed by atoms with Crippen LogP contribution in [0, 0.1) is 13.8 Å². The molecule has 2 aromatic rings. The number of sulfonamides is 1. The van der Waals surface area contributed by atoms with Crippen molar-refractivity contribution >= 4 is 10.0 Å². The first-order valence-corrected chi connectivity index (χ1v) is 9.31. The van der Waals surface area contributed by atoms with Crippen molar-refractivity contribution in [2.45, 2.75) is 38.1 Å². The van der Waals surface area contributed by atoms with Gasteiger partial charge < -0.3 is 14.0 Å². The van der Waals surface area contributed by atoms with Crippen LogP contribution in [0.2, 0.25) is 0 Å². The van der Waals surface area contributed by atoms with Crippen LogP contribution in [0.3, 0.4) is 0 Å². The number of aryl methyl sites for hydroxylation is 2. The van der Waals surface area contributed by atoms with Gasteiger partial charge in [-0.1, -0.05) is 5.16 Å². The first-order valence-electron chi connectivity index (χ1n) is 7.83. The van der Waals surface area contributed by atoms with Crippen LogP contribution in [0.25, 0.3) is 0 Å². The Balaban J connectivity index is 1.68. The summed E-state index contributed by atoms with van der Waals surface area (Å²) in [6, 6.07) is 2.01. The molecule has 4 rings (SSSR count). The van der Waals surface area contributed by atoms with Gasteiger partial charge in [0.15, 0.2) is 5.76 Å². The Hall–Kier alpha value is -2.06. The number of hydrogen-bond donors (Lipinski definition) is 1. The molecule has 0 aliphatic carbocycles. The molecule has 0 amide bonds. The number of hydrogen-bond acceptors (Lipinski definition) is 6. The maximum Gasteiger partial charge on any atom is 0.246 e. The van der Waals surface area contributed by atoms with Crippen molar-refractivity contribution < 1.29 is 22.4 Å². The summed E-state index contributed by atoms with van der Waals surface area (Å²) in [7, 11) is -3.71. The number of nitrogens with zero attached hydrogens (tertiary/aromatic N) is 1. The van der Waals surface area contributed by atoms with Gasteiger partial charge in [-0.25, -0.2) is 13.1 Å². The maximum atomic E-state index is 12.6. The highest BCUT2D eigenvalue weighted by Crippen LogP contribution is 2.40. The van der Waals surface area contributed by atoms with Crippen molar-refractivity contribution in [2.75, 3.05) is 13.2 Å². The van der Waals surface area contributed by atoms with Crippen LogP contribution >= 0.6 is 0 Å². The molecule has 0 bridgehead atoms. The van der Waals surface area contributed by atoms with Crippen LogP contribution in [0.1, 0.15) is 28.1 Å². The predicted octanol–water partition coefficient (Wildman–Crippen LogP) is 1.64.